The van der Waals surface area contributed by atoms with Crippen molar-refractivity contribution in [1.82, 2.24) is 4.90 Å². The molecule has 2 amide bonds. The lowest BCUT2D eigenvalue weighted by Gasteiger charge is -2.20. The number of hydrogen-bond acceptors (Lipinski definition) is 4. The number of aliphatic carboxylic acids is 1. The fraction of sp³-hybridized carbons (Fsp3) is 0.250. The quantitative estimate of drug-likeness (QED) is 0.464. The number of benzene rings is 3. The third-order valence-electron chi connectivity index (χ3n) is 6.16. The first-order chi connectivity index (χ1) is 16.9. The topological polar surface area (TPSA) is 95.9 Å². The fourth-order valence-corrected chi connectivity index (χ4v) is 4.55. The van der Waals surface area contributed by atoms with Crippen molar-refractivity contribution >= 4 is 23.7 Å². The molecule has 0 radical (unpaired) electrons. The Bertz CT molecular complexity index is 1220. The average Bonchev–Trinajstić information content (AvgIpc) is 3.17. The van der Waals surface area contributed by atoms with Gasteiger partial charge in [0.1, 0.15) is 13.2 Å². The zero-order valence-corrected chi connectivity index (χ0v) is 19.8. The number of anilines is 1. The lowest BCUT2D eigenvalue weighted by Crippen LogP contribution is -2.36. The van der Waals surface area contributed by atoms with Crippen LogP contribution < -0.4 is 5.32 Å². The van der Waals surface area contributed by atoms with E-state index in [4.69, 9.17) is 9.84 Å². The number of hydrogen-bond donors (Lipinski definition) is 2. The Morgan fingerprint density at radius 1 is 0.971 bits per heavy atom. The van der Waals surface area contributed by atoms with E-state index in [2.05, 4.69) is 29.6 Å². The monoisotopic (exact) mass is 472 g/mol. The third-order valence-corrected chi connectivity index (χ3v) is 6.16. The van der Waals surface area contributed by atoms with Crippen LogP contribution in [0.4, 0.5) is 10.5 Å². The van der Waals surface area contributed by atoms with Crippen LogP contribution in [0.15, 0.2) is 66.7 Å². The molecule has 0 atom stereocenters. The van der Waals surface area contributed by atoms with Gasteiger partial charge < -0.3 is 14.7 Å². The van der Waals surface area contributed by atoms with Crippen LogP contribution in [0.1, 0.15) is 46.3 Å². The van der Waals surface area contributed by atoms with E-state index in [9.17, 15) is 14.4 Å². The van der Waals surface area contributed by atoms with Gasteiger partial charge in [-0.2, -0.15) is 0 Å². The van der Waals surface area contributed by atoms with Crippen molar-refractivity contribution in [3.05, 3.63) is 89.0 Å². The molecular weight excluding hydrogens is 444 g/mol. The number of nitrogens with zero attached hydrogens (tertiary/aromatic N) is 1. The van der Waals surface area contributed by atoms with Gasteiger partial charge in [0.15, 0.2) is 0 Å². The molecule has 0 bridgehead atoms. The minimum Gasteiger partial charge on any atom is -0.480 e. The highest BCUT2D eigenvalue weighted by Gasteiger charge is 2.29. The number of rotatable bonds is 8. The predicted octanol–water partition coefficient (Wildman–Crippen LogP) is 5.29. The van der Waals surface area contributed by atoms with Gasteiger partial charge in [0.25, 0.3) is 5.91 Å². The number of ether oxygens (including phenoxy) is 1. The Kier molecular flexibility index (Phi) is 7.15. The predicted molar refractivity (Wildman–Crippen MR) is 134 cm³/mol. The second kappa shape index (κ2) is 10.4. The SMILES string of the molecule is CCCN(CC(=O)O)C(=O)c1ccc(NC(=O)OCC2c3ccccc3-c3ccccc32)c(C)c1. The Balaban J connectivity index is 1.42. The number of carboxylic acid groups (broad SMARTS) is 1. The van der Waals surface area contributed by atoms with Gasteiger partial charge in [-0.05, 0) is 59.4 Å². The maximum absolute atomic E-state index is 12.8. The number of carboxylic acids is 1. The van der Waals surface area contributed by atoms with Crippen LogP contribution in [-0.2, 0) is 9.53 Å². The zero-order valence-electron chi connectivity index (χ0n) is 19.8. The summed E-state index contributed by atoms with van der Waals surface area (Å²) in [6, 6.07) is 21.1. The van der Waals surface area contributed by atoms with Crippen molar-refractivity contribution in [2.24, 2.45) is 0 Å². The maximum atomic E-state index is 12.8. The first-order valence-corrected chi connectivity index (χ1v) is 11.6. The highest BCUT2D eigenvalue weighted by atomic mass is 16.5. The molecule has 0 saturated heterocycles. The highest BCUT2D eigenvalue weighted by molar-refractivity contribution is 5.97. The zero-order chi connectivity index (χ0) is 24.9. The summed E-state index contributed by atoms with van der Waals surface area (Å²) in [4.78, 5) is 37.8. The molecule has 1 aliphatic carbocycles. The number of nitrogens with one attached hydrogen (secondary N) is 1. The van der Waals surface area contributed by atoms with E-state index in [0.717, 1.165) is 22.3 Å². The highest BCUT2D eigenvalue weighted by Crippen LogP contribution is 2.44. The Morgan fingerprint density at radius 3 is 2.17 bits per heavy atom. The molecule has 35 heavy (non-hydrogen) atoms. The molecule has 0 aliphatic heterocycles. The molecular formula is C28H28N2O5. The Morgan fingerprint density at radius 2 is 1.60 bits per heavy atom. The van der Waals surface area contributed by atoms with E-state index in [-0.39, 0.29) is 25.0 Å². The fourth-order valence-electron chi connectivity index (χ4n) is 4.55. The summed E-state index contributed by atoms with van der Waals surface area (Å²) in [6.07, 6.45) is 0.0758. The summed E-state index contributed by atoms with van der Waals surface area (Å²) in [5.41, 5.74) is 6.17. The van der Waals surface area contributed by atoms with Gasteiger partial charge in [0, 0.05) is 23.7 Å². The van der Waals surface area contributed by atoms with Gasteiger partial charge in [-0.15, -0.1) is 0 Å². The Hall–Kier alpha value is -4.13. The summed E-state index contributed by atoms with van der Waals surface area (Å²) in [5, 5.41) is 11.8. The van der Waals surface area contributed by atoms with Gasteiger partial charge in [0.05, 0.1) is 0 Å². The number of aryl methyl sites for hydroxylation is 1. The van der Waals surface area contributed by atoms with Crippen molar-refractivity contribution in [1.29, 1.82) is 0 Å². The van der Waals surface area contributed by atoms with Gasteiger partial charge in [-0.3, -0.25) is 14.9 Å². The van der Waals surface area contributed by atoms with Crippen molar-refractivity contribution in [2.75, 3.05) is 25.0 Å². The van der Waals surface area contributed by atoms with E-state index in [1.165, 1.54) is 4.90 Å². The lowest BCUT2D eigenvalue weighted by molar-refractivity contribution is -0.137. The number of fused-ring (bicyclic) bond motifs is 3. The summed E-state index contributed by atoms with van der Waals surface area (Å²) < 4.78 is 5.60. The number of carbonyl (C=O) groups excluding carboxylic acids is 2. The average molecular weight is 473 g/mol. The number of carbonyl (C=O) groups is 3. The first kappa shape index (κ1) is 24.0. The van der Waals surface area contributed by atoms with E-state index in [1.807, 2.05) is 31.2 Å². The molecule has 180 valence electrons. The van der Waals surface area contributed by atoms with Crippen LogP contribution in [0, 0.1) is 6.92 Å². The maximum Gasteiger partial charge on any atom is 0.411 e. The minimum absolute atomic E-state index is 0.0342. The lowest BCUT2D eigenvalue weighted by atomic mass is 9.98. The summed E-state index contributed by atoms with van der Waals surface area (Å²) in [6.45, 7) is 3.86. The van der Waals surface area contributed by atoms with Crippen molar-refractivity contribution in [3.63, 3.8) is 0 Å². The molecule has 0 aromatic heterocycles. The molecule has 0 unspecified atom stereocenters. The van der Waals surface area contributed by atoms with E-state index >= 15 is 0 Å². The van der Waals surface area contributed by atoms with E-state index in [0.29, 0.717) is 29.8 Å². The summed E-state index contributed by atoms with van der Waals surface area (Å²) >= 11 is 0. The molecule has 2 N–H and O–H groups in total. The van der Waals surface area contributed by atoms with Gasteiger partial charge in [0.2, 0.25) is 0 Å². The van der Waals surface area contributed by atoms with E-state index < -0.39 is 12.1 Å². The summed E-state index contributed by atoms with van der Waals surface area (Å²) in [7, 11) is 0. The third kappa shape index (κ3) is 5.19. The molecule has 0 saturated carbocycles. The van der Waals surface area contributed by atoms with Gasteiger partial charge >= 0.3 is 12.1 Å². The largest absolute Gasteiger partial charge is 0.480 e. The number of amides is 2. The molecule has 4 rings (SSSR count). The molecule has 0 fully saturated rings. The molecule has 7 nitrogen and oxygen atoms in total. The van der Waals surface area contributed by atoms with Crippen LogP contribution in [0.25, 0.3) is 11.1 Å². The molecule has 7 heteroatoms. The molecule has 0 spiro atoms. The van der Waals surface area contributed by atoms with Crippen LogP contribution in [0.2, 0.25) is 0 Å². The van der Waals surface area contributed by atoms with Crippen LogP contribution in [0.5, 0.6) is 0 Å². The smallest absolute Gasteiger partial charge is 0.411 e. The Labute approximate surface area is 204 Å². The minimum atomic E-state index is -1.06. The van der Waals surface area contributed by atoms with Gasteiger partial charge in [-0.25, -0.2) is 4.79 Å². The molecule has 1 aliphatic rings. The van der Waals surface area contributed by atoms with Crippen LogP contribution in [-0.4, -0.2) is 47.7 Å². The standard InChI is InChI=1S/C28H28N2O5/c1-3-14-30(16-26(31)32)27(33)19-12-13-25(18(2)15-19)29-28(34)35-17-24-22-10-6-4-8-20(22)21-9-5-7-11-23(21)24/h4-13,15,24H,3,14,16-17H2,1-2H3,(H,29,34)(H,31,32). The van der Waals surface area contributed by atoms with E-state index in [1.54, 1.807) is 25.1 Å². The van der Waals surface area contributed by atoms with Crippen molar-refractivity contribution in [3.8, 4) is 11.1 Å². The summed E-state index contributed by atoms with van der Waals surface area (Å²) in [5.74, 6) is -1.45. The molecule has 3 aromatic rings. The van der Waals surface area contributed by atoms with Crippen molar-refractivity contribution in [2.45, 2.75) is 26.2 Å². The molecule has 0 heterocycles. The second-order valence-electron chi connectivity index (χ2n) is 8.60. The second-order valence-corrected chi connectivity index (χ2v) is 8.60. The van der Waals surface area contributed by atoms with Crippen molar-refractivity contribution < 1.29 is 24.2 Å². The van der Waals surface area contributed by atoms with Crippen LogP contribution in [0.3, 0.4) is 0 Å². The van der Waals surface area contributed by atoms with Crippen LogP contribution >= 0.6 is 0 Å². The first-order valence-electron chi connectivity index (χ1n) is 11.6. The normalized spacial score (nSPS) is 11.9. The molecule has 3 aromatic carbocycles. The van der Waals surface area contributed by atoms with Gasteiger partial charge in [-0.1, -0.05) is 55.5 Å².